The van der Waals surface area contributed by atoms with Gasteiger partial charge in [0, 0.05) is 53.7 Å². The maximum Gasteiger partial charge on any atom is 0.143 e. The predicted molar refractivity (Wildman–Crippen MR) is 238 cm³/mol. The van der Waals surface area contributed by atoms with E-state index in [2.05, 4.69) is 185 Å². The molecule has 2 atom stereocenters. The van der Waals surface area contributed by atoms with E-state index >= 15 is 0 Å². The summed E-state index contributed by atoms with van der Waals surface area (Å²) in [5.74, 6) is 0.858. The molecule has 2 N–H and O–H groups in total. The first-order chi connectivity index (χ1) is 28.3. The monoisotopic (exact) mass is 750 g/mol. The van der Waals surface area contributed by atoms with Crippen LogP contribution in [0, 0.1) is 0 Å². The lowest BCUT2D eigenvalue weighted by atomic mass is 9.98. The Hall–Kier alpha value is -6.99. The number of nitrogens with one attached hydrogen (secondary N) is 2. The van der Waals surface area contributed by atoms with E-state index in [1.807, 2.05) is 23.5 Å². The van der Waals surface area contributed by atoms with E-state index in [4.69, 9.17) is 9.41 Å². The molecular formula is C51H34N4OS. The molecule has 0 saturated carbocycles. The van der Waals surface area contributed by atoms with Crippen LogP contribution in [0.4, 0.5) is 0 Å². The fourth-order valence-electron chi connectivity index (χ4n) is 8.92. The quantitative estimate of drug-likeness (QED) is 0.184. The van der Waals surface area contributed by atoms with Gasteiger partial charge < -0.3 is 14.3 Å². The van der Waals surface area contributed by atoms with Crippen molar-refractivity contribution in [2.75, 3.05) is 0 Å². The molecule has 12 rings (SSSR count). The zero-order chi connectivity index (χ0) is 37.5. The van der Waals surface area contributed by atoms with Crippen molar-refractivity contribution in [1.29, 1.82) is 0 Å². The van der Waals surface area contributed by atoms with Crippen LogP contribution in [-0.2, 0) is 0 Å². The first kappa shape index (κ1) is 32.3. The topological polar surface area (TPSA) is 54.5 Å². The lowest BCUT2D eigenvalue weighted by Gasteiger charge is -2.32. The van der Waals surface area contributed by atoms with E-state index in [-0.39, 0.29) is 12.3 Å². The van der Waals surface area contributed by atoms with Crippen molar-refractivity contribution in [3.63, 3.8) is 0 Å². The van der Waals surface area contributed by atoms with Gasteiger partial charge in [-0.05, 0) is 41.5 Å². The number of hydrogen-bond acceptors (Lipinski definition) is 5. The highest BCUT2D eigenvalue weighted by Crippen LogP contribution is 2.44. The van der Waals surface area contributed by atoms with Crippen LogP contribution in [0.3, 0.4) is 0 Å². The second-order valence-corrected chi connectivity index (χ2v) is 15.8. The minimum absolute atomic E-state index is 0.213. The number of fused-ring (bicyclic) bond motifs is 9. The van der Waals surface area contributed by atoms with Crippen molar-refractivity contribution < 1.29 is 4.42 Å². The average molecular weight is 751 g/mol. The molecule has 0 amide bonds. The lowest BCUT2D eigenvalue weighted by Crippen LogP contribution is -2.45. The molecule has 0 saturated heterocycles. The summed E-state index contributed by atoms with van der Waals surface area (Å²) in [5, 5.41) is 14.8. The molecule has 270 valence electrons. The molecule has 1 aliphatic heterocycles. The molecule has 0 spiro atoms. The van der Waals surface area contributed by atoms with Crippen molar-refractivity contribution in [3.05, 3.63) is 199 Å². The van der Waals surface area contributed by atoms with Gasteiger partial charge in [0.15, 0.2) is 0 Å². The average Bonchev–Trinajstić information content (AvgIpc) is 3.96. The van der Waals surface area contributed by atoms with Gasteiger partial charge in [-0.15, -0.1) is 11.3 Å². The SMILES string of the molecule is c1ccc(C2=NC(c3ccccc3)NC(c3cccc4oc5c(-c6ccc7c(c6)sc6c(-n8c9ccccc9c9ccccc98)cccc67)cccc5c34)N2)cc1. The highest BCUT2D eigenvalue weighted by Gasteiger charge is 2.28. The molecule has 2 unspecified atom stereocenters. The van der Waals surface area contributed by atoms with Crippen molar-refractivity contribution in [2.24, 2.45) is 4.99 Å². The highest BCUT2D eigenvalue weighted by molar-refractivity contribution is 7.26. The van der Waals surface area contributed by atoms with Gasteiger partial charge in [-0.3, -0.25) is 5.32 Å². The number of hydrogen-bond donors (Lipinski definition) is 2. The molecule has 0 aliphatic carbocycles. The summed E-state index contributed by atoms with van der Waals surface area (Å²) < 4.78 is 11.8. The van der Waals surface area contributed by atoms with Gasteiger partial charge in [0.1, 0.15) is 29.3 Å². The molecule has 1 aliphatic rings. The summed E-state index contributed by atoms with van der Waals surface area (Å²) in [6.45, 7) is 0. The van der Waals surface area contributed by atoms with Gasteiger partial charge >= 0.3 is 0 Å². The Morgan fingerprint density at radius 1 is 0.561 bits per heavy atom. The van der Waals surface area contributed by atoms with Crippen molar-refractivity contribution in [3.8, 4) is 16.8 Å². The Morgan fingerprint density at radius 3 is 2.05 bits per heavy atom. The second kappa shape index (κ2) is 12.8. The third-order valence-corrected chi connectivity index (χ3v) is 12.7. The lowest BCUT2D eigenvalue weighted by molar-refractivity contribution is 0.411. The summed E-state index contributed by atoms with van der Waals surface area (Å²) >= 11 is 1.86. The van der Waals surface area contributed by atoms with Gasteiger partial charge in [0.05, 0.1) is 21.4 Å². The number of amidine groups is 1. The summed E-state index contributed by atoms with van der Waals surface area (Å²) in [5.41, 5.74) is 10.9. The number of aromatic nitrogens is 1. The van der Waals surface area contributed by atoms with Gasteiger partial charge in [-0.2, -0.15) is 0 Å². The van der Waals surface area contributed by atoms with Gasteiger partial charge in [0.2, 0.25) is 0 Å². The van der Waals surface area contributed by atoms with Gasteiger partial charge in [-0.1, -0.05) is 152 Å². The number of rotatable bonds is 5. The summed E-state index contributed by atoms with van der Waals surface area (Å²) in [7, 11) is 0. The third-order valence-electron chi connectivity index (χ3n) is 11.5. The maximum absolute atomic E-state index is 6.83. The smallest absolute Gasteiger partial charge is 0.143 e. The van der Waals surface area contributed by atoms with Crippen molar-refractivity contribution in [1.82, 2.24) is 15.2 Å². The number of furan rings is 1. The molecule has 8 aromatic carbocycles. The Morgan fingerprint density at radius 2 is 1.25 bits per heavy atom. The third kappa shape index (κ3) is 5.08. The zero-order valence-corrected chi connectivity index (χ0v) is 31.5. The van der Waals surface area contributed by atoms with E-state index < -0.39 is 0 Å². The fourth-order valence-corrected chi connectivity index (χ4v) is 10.2. The largest absolute Gasteiger partial charge is 0.455 e. The summed E-state index contributed by atoms with van der Waals surface area (Å²) in [6, 6.07) is 64.8. The normalized spacial score (nSPS) is 15.9. The van der Waals surface area contributed by atoms with Crippen LogP contribution in [0.1, 0.15) is 29.0 Å². The van der Waals surface area contributed by atoms with Gasteiger partial charge in [-0.25, -0.2) is 4.99 Å². The molecule has 57 heavy (non-hydrogen) atoms. The van der Waals surface area contributed by atoms with E-state index in [1.54, 1.807) is 0 Å². The Balaban J connectivity index is 0.985. The Kier molecular flexibility index (Phi) is 7.24. The standard InChI is InChI=1S/C51H34N4OS/c1-3-14-31(15-4-1)49-52-50(32-16-5-2-6-17-32)54-51(53-49)40-23-13-27-44-46(40)39-22-11-20-34(47(39)56-44)33-28-29-37-38-21-12-26-43(48(38)57-45(37)30-33)55-41-24-9-7-18-35(41)36-19-8-10-25-42(36)55/h1-30,49,51,53H,(H,52,54). The van der Waals surface area contributed by atoms with E-state index in [1.165, 1.54) is 47.7 Å². The molecule has 0 bridgehead atoms. The highest BCUT2D eigenvalue weighted by atomic mass is 32.1. The molecule has 5 nitrogen and oxygen atoms in total. The van der Waals surface area contributed by atoms with Gasteiger partial charge in [0.25, 0.3) is 0 Å². The molecular weight excluding hydrogens is 717 g/mol. The van der Waals surface area contributed by atoms with E-state index in [0.717, 1.165) is 55.6 Å². The number of aliphatic imine (C=N–C) groups is 1. The molecule has 11 aromatic rings. The number of thiophene rings is 1. The molecule has 3 aromatic heterocycles. The van der Waals surface area contributed by atoms with E-state index in [9.17, 15) is 0 Å². The van der Waals surface area contributed by atoms with Crippen LogP contribution in [0.2, 0.25) is 0 Å². The van der Waals surface area contributed by atoms with Crippen LogP contribution in [0.5, 0.6) is 0 Å². The minimum Gasteiger partial charge on any atom is -0.455 e. The molecule has 0 radical (unpaired) electrons. The maximum atomic E-state index is 6.83. The summed E-state index contributed by atoms with van der Waals surface area (Å²) in [4.78, 5) is 5.14. The Bertz CT molecular complexity index is 3320. The van der Waals surface area contributed by atoms with E-state index in [0.29, 0.717) is 0 Å². The molecule has 4 heterocycles. The Labute approximate surface area is 332 Å². The number of nitrogens with zero attached hydrogens (tertiary/aromatic N) is 2. The van der Waals surface area contributed by atoms with Crippen LogP contribution in [-0.4, -0.2) is 10.4 Å². The summed E-state index contributed by atoms with van der Waals surface area (Å²) in [6.07, 6.45) is -0.435. The number of para-hydroxylation sites is 3. The molecule has 0 fully saturated rings. The fraction of sp³-hybridized carbons (Fsp3) is 0.0392. The molecule has 6 heteroatoms. The van der Waals surface area contributed by atoms with Crippen LogP contribution in [0.15, 0.2) is 191 Å². The van der Waals surface area contributed by atoms with Crippen LogP contribution < -0.4 is 10.6 Å². The zero-order valence-electron chi connectivity index (χ0n) is 30.7. The second-order valence-electron chi connectivity index (χ2n) is 14.7. The van der Waals surface area contributed by atoms with Crippen molar-refractivity contribution >= 4 is 81.1 Å². The van der Waals surface area contributed by atoms with Crippen LogP contribution >= 0.6 is 11.3 Å². The first-order valence-electron chi connectivity index (χ1n) is 19.4. The first-order valence-corrected chi connectivity index (χ1v) is 20.2. The van der Waals surface area contributed by atoms with Crippen molar-refractivity contribution in [2.45, 2.75) is 12.3 Å². The number of benzene rings is 8. The van der Waals surface area contributed by atoms with Crippen LogP contribution in [0.25, 0.3) is 80.7 Å². The predicted octanol–water partition coefficient (Wildman–Crippen LogP) is 13.1. The minimum atomic E-state index is -0.222.